The molecule has 2 N–H and O–H groups in total. The van der Waals surface area contributed by atoms with Gasteiger partial charge in [0.15, 0.2) is 0 Å². The van der Waals surface area contributed by atoms with Crippen molar-refractivity contribution >= 4 is 28.3 Å². The van der Waals surface area contributed by atoms with Crippen LogP contribution in [0.4, 0.5) is 0 Å². The van der Waals surface area contributed by atoms with E-state index < -0.39 is 16.1 Å². The number of likely N-dealkylation sites (tertiary alicyclic amines) is 1. The lowest BCUT2D eigenvalue weighted by Gasteiger charge is -2.27. The minimum absolute atomic E-state index is 0. The fourth-order valence-electron chi connectivity index (χ4n) is 2.89. The van der Waals surface area contributed by atoms with Crippen molar-refractivity contribution in [1.29, 1.82) is 0 Å². The maximum absolute atomic E-state index is 12.4. The predicted octanol–water partition coefficient (Wildman–Crippen LogP) is 0.172. The number of amides is 1. The number of sulfonamides is 1. The molecule has 0 spiro atoms. The monoisotopic (exact) mass is 325 g/mol. The first kappa shape index (κ1) is 17.7. The number of nitrogens with two attached hydrogens (primary N) is 1. The molecule has 2 saturated heterocycles. The maximum Gasteiger partial charge on any atom is 0.241 e. The zero-order valence-electron chi connectivity index (χ0n) is 11.8. The molecule has 0 aromatic carbocycles. The van der Waals surface area contributed by atoms with Crippen LogP contribution < -0.4 is 5.73 Å². The number of halogens is 1. The first-order valence-corrected chi connectivity index (χ1v) is 8.60. The minimum Gasteiger partial charge on any atom is -0.340 e. The summed E-state index contributed by atoms with van der Waals surface area (Å²) in [6.07, 6.45) is 2.78. The number of rotatable bonds is 4. The maximum atomic E-state index is 12.4. The van der Waals surface area contributed by atoms with Gasteiger partial charge in [0.1, 0.15) is 6.04 Å². The normalized spacial score (nSPS) is 27.6. The average Bonchev–Trinajstić information content (AvgIpc) is 2.96. The van der Waals surface area contributed by atoms with Crippen molar-refractivity contribution in [2.75, 3.05) is 25.4 Å². The van der Waals surface area contributed by atoms with Crippen molar-refractivity contribution in [2.24, 2.45) is 5.73 Å². The van der Waals surface area contributed by atoms with Crippen molar-refractivity contribution in [2.45, 2.75) is 44.7 Å². The van der Waals surface area contributed by atoms with E-state index in [1.165, 1.54) is 4.31 Å². The third-order valence-corrected chi connectivity index (χ3v) is 5.92. The third kappa shape index (κ3) is 3.63. The summed E-state index contributed by atoms with van der Waals surface area (Å²) in [7, 11) is -3.29. The van der Waals surface area contributed by atoms with Gasteiger partial charge >= 0.3 is 0 Å². The summed E-state index contributed by atoms with van der Waals surface area (Å²) in [5, 5.41) is 0. The lowest BCUT2D eigenvalue weighted by Crippen LogP contribution is -2.48. The summed E-state index contributed by atoms with van der Waals surface area (Å²) in [5.41, 5.74) is 5.80. The third-order valence-electron chi connectivity index (χ3n) is 3.84. The molecule has 20 heavy (non-hydrogen) atoms. The van der Waals surface area contributed by atoms with Gasteiger partial charge < -0.3 is 10.6 Å². The molecular formula is C12H24ClN3O3S. The van der Waals surface area contributed by atoms with Gasteiger partial charge in [0.25, 0.3) is 0 Å². The van der Waals surface area contributed by atoms with E-state index >= 15 is 0 Å². The predicted molar refractivity (Wildman–Crippen MR) is 80.2 cm³/mol. The fourth-order valence-corrected chi connectivity index (χ4v) is 4.63. The summed E-state index contributed by atoms with van der Waals surface area (Å²) in [5.74, 6) is 0.0566. The number of hydrogen-bond donors (Lipinski definition) is 1. The standard InChI is InChI=1S/C12H23N3O3S.ClH/c1-2-8-19(17,18)15-6-3-4-11(15)12(16)14-7-5-10(13)9-14;/h10-11H,2-9,13H2,1H3;1H/t10-,11?;/m1./s1. The highest BCUT2D eigenvalue weighted by Crippen LogP contribution is 2.24. The van der Waals surface area contributed by atoms with Crippen LogP contribution in [0.2, 0.25) is 0 Å². The smallest absolute Gasteiger partial charge is 0.241 e. The second kappa shape index (κ2) is 7.06. The highest BCUT2D eigenvalue weighted by Gasteiger charge is 2.41. The van der Waals surface area contributed by atoms with Crippen molar-refractivity contribution in [3.8, 4) is 0 Å². The summed E-state index contributed by atoms with van der Waals surface area (Å²) in [6, 6.07) is -0.465. The van der Waals surface area contributed by atoms with Crippen LogP contribution >= 0.6 is 12.4 Å². The van der Waals surface area contributed by atoms with Crippen molar-refractivity contribution in [3.05, 3.63) is 0 Å². The molecule has 2 heterocycles. The van der Waals surface area contributed by atoms with Gasteiger partial charge in [-0.25, -0.2) is 8.42 Å². The average molecular weight is 326 g/mol. The molecule has 2 fully saturated rings. The first-order valence-electron chi connectivity index (χ1n) is 6.99. The van der Waals surface area contributed by atoms with Gasteiger partial charge in [0.05, 0.1) is 5.75 Å². The molecule has 0 bridgehead atoms. The van der Waals surface area contributed by atoms with Gasteiger partial charge in [-0.05, 0) is 25.7 Å². The van der Waals surface area contributed by atoms with E-state index in [1.807, 2.05) is 6.92 Å². The SMILES string of the molecule is CCCS(=O)(=O)N1CCCC1C(=O)N1CC[C@@H](N)C1.Cl. The Kier molecular flexibility index (Phi) is 6.25. The highest BCUT2D eigenvalue weighted by molar-refractivity contribution is 7.89. The van der Waals surface area contributed by atoms with E-state index in [0.717, 1.165) is 12.8 Å². The van der Waals surface area contributed by atoms with Crippen LogP contribution in [0.15, 0.2) is 0 Å². The Morgan fingerprint density at radius 2 is 2.00 bits per heavy atom. The molecule has 0 radical (unpaired) electrons. The molecule has 8 heteroatoms. The molecule has 0 saturated carbocycles. The van der Waals surface area contributed by atoms with Gasteiger partial charge in [-0.3, -0.25) is 4.79 Å². The number of carbonyl (C=O) groups is 1. The van der Waals surface area contributed by atoms with Crippen LogP contribution in [-0.2, 0) is 14.8 Å². The van der Waals surface area contributed by atoms with Crippen LogP contribution in [0.1, 0.15) is 32.6 Å². The lowest BCUT2D eigenvalue weighted by atomic mass is 10.2. The van der Waals surface area contributed by atoms with Crippen LogP contribution in [0, 0.1) is 0 Å². The first-order chi connectivity index (χ1) is 8.95. The summed E-state index contributed by atoms with van der Waals surface area (Å²) >= 11 is 0. The topological polar surface area (TPSA) is 83.7 Å². The molecule has 118 valence electrons. The number of carbonyl (C=O) groups excluding carboxylic acids is 1. The summed E-state index contributed by atoms with van der Waals surface area (Å²) in [6.45, 7) is 3.51. The van der Waals surface area contributed by atoms with Gasteiger partial charge in [-0.1, -0.05) is 6.92 Å². The molecule has 2 aliphatic rings. The molecule has 1 unspecified atom stereocenters. The molecular weight excluding hydrogens is 302 g/mol. The van der Waals surface area contributed by atoms with Crippen molar-refractivity contribution in [1.82, 2.24) is 9.21 Å². The molecule has 2 rings (SSSR count). The van der Waals surface area contributed by atoms with E-state index in [9.17, 15) is 13.2 Å². The van der Waals surface area contributed by atoms with Crippen LogP contribution in [0.5, 0.6) is 0 Å². The van der Waals surface area contributed by atoms with E-state index in [0.29, 0.717) is 32.5 Å². The Balaban J connectivity index is 0.00000200. The molecule has 1 amide bonds. The number of hydrogen-bond acceptors (Lipinski definition) is 4. The fraction of sp³-hybridized carbons (Fsp3) is 0.917. The Morgan fingerprint density at radius 3 is 2.55 bits per heavy atom. The molecule has 6 nitrogen and oxygen atoms in total. The number of nitrogens with zero attached hydrogens (tertiary/aromatic N) is 2. The molecule has 2 aliphatic heterocycles. The highest BCUT2D eigenvalue weighted by atomic mass is 35.5. The van der Waals surface area contributed by atoms with Crippen molar-refractivity contribution < 1.29 is 13.2 Å². The van der Waals surface area contributed by atoms with E-state index in [4.69, 9.17) is 5.73 Å². The van der Waals surface area contributed by atoms with Crippen LogP contribution in [-0.4, -0.2) is 61.0 Å². The zero-order valence-corrected chi connectivity index (χ0v) is 13.5. The molecule has 0 aliphatic carbocycles. The van der Waals surface area contributed by atoms with Gasteiger partial charge in [0, 0.05) is 25.7 Å². The Bertz CT molecular complexity index is 443. The summed E-state index contributed by atoms with van der Waals surface area (Å²) < 4.78 is 25.7. The zero-order chi connectivity index (χ0) is 14.0. The second-order valence-corrected chi connectivity index (χ2v) is 7.46. The minimum atomic E-state index is -3.29. The van der Waals surface area contributed by atoms with E-state index in [-0.39, 0.29) is 30.1 Å². The van der Waals surface area contributed by atoms with E-state index in [2.05, 4.69) is 0 Å². The largest absolute Gasteiger partial charge is 0.340 e. The molecule has 0 aromatic heterocycles. The Labute approximate surface area is 127 Å². The van der Waals surface area contributed by atoms with E-state index in [1.54, 1.807) is 4.90 Å². The molecule has 0 aromatic rings. The lowest BCUT2D eigenvalue weighted by molar-refractivity contribution is -0.133. The Hall–Kier alpha value is -0.370. The van der Waals surface area contributed by atoms with Crippen molar-refractivity contribution in [3.63, 3.8) is 0 Å². The Morgan fingerprint density at radius 1 is 1.30 bits per heavy atom. The van der Waals surface area contributed by atoms with Gasteiger partial charge in [-0.15, -0.1) is 12.4 Å². The van der Waals surface area contributed by atoms with Gasteiger partial charge in [0.2, 0.25) is 15.9 Å². The quantitative estimate of drug-likeness (QED) is 0.798. The summed E-state index contributed by atoms with van der Waals surface area (Å²) in [4.78, 5) is 14.1. The molecule has 2 atom stereocenters. The van der Waals surface area contributed by atoms with Gasteiger partial charge in [-0.2, -0.15) is 4.31 Å². The second-order valence-electron chi connectivity index (χ2n) is 5.42. The van der Waals surface area contributed by atoms with Crippen LogP contribution in [0.3, 0.4) is 0 Å². The van der Waals surface area contributed by atoms with Crippen LogP contribution in [0.25, 0.3) is 0 Å².